The molecule has 1 aliphatic carbocycles. The summed E-state index contributed by atoms with van der Waals surface area (Å²) < 4.78 is 6.21. The maximum Gasteiger partial charge on any atom is 0.164 e. The Balaban J connectivity index is 1.83. The van der Waals surface area contributed by atoms with Crippen molar-refractivity contribution in [1.82, 2.24) is 0 Å². The molecule has 88 valence electrons. The number of rotatable bonds is 1. The Morgan fingerprint density at radius 2 is 2.00 bits per heavy atom. The second-order valence-corrected chi connectivity index (χ2v) is 5.68. The number of hydrogen-bond acceptors (Lipinski definition) is 2. The van der Waals surface area contributed by atoms with Crippen molar-refractivity contribution in [2.75, 3.05) is 0 Å². The largest absolute Gasteiger partial charge is 0.359 e. The predicted molar refractivity (Wildman–Crippen MR) is 63.4 cm³/mol. The molecule has 17 heavy (non-hydrogen) atoms. The Bertz CT molecular complexity index is 463. The maximum atomic E-state index is 12.1. The molecule has 3 aliphatic rings. The molecule has 1 aromatic rings. The quantitative estimate of drug-likeness (QED) is 0.738. The van der Waals surface area contributed by atoms with E-state index in [2.05, 4.69) is 24.3 Å². The fourth-order valence-electron chi connectivity index (χ4n) is 4.13. The number of hydrogen-bond donors (Lipinski definition) is 0. The SMILES string of the molecule is O=C1C2CC3CCC1OC3(c1ccccc1)C2. The summed E-state index contributed by atoms with van der Waals surface area (Å²) >= 11 is 0. The Kier molecular flexibility index (Phi) is 1.85. The van der Waals surface area contributed by atoms with Crippen LogP contribution in [0.1, 0.15) is 31.2 Å². The standard InChI is InChI=1S/C15H16O2/c16-14-10-8-12-6-7-13(14)17-15(12,9-10)11-4-2-1-3-5-11/h1-5,10,12-13H,6-9H2. The molecule has 0 radical (unpaired) electrons. The highest BCUT2D eigenvalue weighted by Gasteiger charge is 2.60. The molecular formula is C15H16O2. The molecular weight excluding hydrogens is 212 g/mol. The molecule has 2 nitrogen and oxygen atoms in total. The minimum Gasteiger partial charge on any atom is -0.359 e. The van der Waals surface area contributed by atoms with Crippen molar-refractivity contribution < 1.29 is 9.53 Å². The summed E-state index contributed by atoms with van der Waals surface area (Å²) in [7, 11) is 0. The van der Waals surface area contributed by atoms with Crippen molar-refractivity contribution in [2.45, 2.75) is 37.4 Å². The van der Waals surface area contributed by atoms with Crippen molar-refractivity contribution in [2.24, 2.45) is 11.8 Å². The Labute approximate surface area is 101 Å². The summed E-state index contributed by atoms with van der Waals surface area (Å²) in [5, 5.41) is 0. The van der Waals surface area contributed by atoms with E-state index >= 15 is 0 Å². The molecule has 4 atom stereocenters. The van der Waals surface area contributed by atoms with E-state index in [1.54, 1.807) is 0 Å². The fourth-order valence-corrected chi connectivity index (χ4v) is 4.13. The third-order valence-corrected chi connectivity index (χ3v) is 4.89. The van der Waals surface area contributed by atoms with Gasteiger partial charge in [-0.1, -0.05) is 30.3 Å². The van der Waals surface area contributed by atoms with Crippen LogP contribution in [0.3, 0.4) is 0 Å². The number of Topliss-reactive ketones (excluding diaryl/α,β-unsaturated/α-hetero) is 1. The van der Waals surface area contributed by atoms with Gasteiger partial charge in [0.25, 0.3) is 0 Å². The van der Waals surface area contributed by atoms with Gasteiger partial charge in [0.2, 0.25) is 0 Å². The fraction of sp³-hybridized carbons (Fsp3) is 0.533. The molecule has 0 N–H and O–H groups in total. The Hall–Kier alpha value is -1.15. The molecule has 2 heteroatoms. The van der Waals surface area contributed by atoms with Crippen molar-refractivity contribution in [3.63, 3.8) is 0 Å². The lowest BCUT2D eigenvalue weighted by molar-refractivity contribution is -0.183. The lowest BCUT2D eigenvalue weighted by Crippen LogP contribution is -2.48. The average molecular weight is 228 g/mol. The summed E-state index contributed by atoms with van der Waals surface area (Å²) in [6, 6.07) is 10.5. The molecule has 4 rings (SSSR count). The minimum absolute atomic E-state index is 0.118. The van der Waals surface area contributed by atoms with E-state index in [9.17, 15) is 4.79 Å². The molecule has 3 bridgehead atoms. The lowest BCUT2D eigenvalue weighted by Gasteiger charge is -2.45. The number of fused-ring (bicyclic) bond motifs is 2. The molecule has 2 heterocycles. The summed E-state index contributed by atoms with van der Waals surface area (Å²) in [5.41, 5.74) is 1.15. The number of ether oxygens (including phenoxy) is 1. The van der Waals surface area contributed by atoms with Crippen LogP contribution in [0, 0.1) is 11.8 Å². The topological polar surface area (TPSA) is 26.3 Å². The van der Waals surface area contributed by atoms with Gasteiger partial charge in [0.1, 0.15) is 6.10 Å². The van der Waals surface area contributed by atoms with Gasteiger partial charge in [0.15, 0.2) is 5.78 Å². The molecule has 0 aromatic heterocycles. The van der Waals surface area contributed by atoms with Crippen molar-refractivity contribution in [3.05, 3.63) is 35.9 Å². The van der Waals surface area contributed by atoms with E-state index in [1.807, 2.05) is 6.07 Å². The number of carbonyl (C=O) groups is 1. The monoisotopic (exact) mass is 228 g/mol. The van der Waals surface area contributed by atoms with Crippen molar-refractivity contribution >= 4 is 5.78 Å². The summed E-state index contributed by atoms with van der Waals surface area (Å²) in [6.45, 7) is 0. The van der Waals surface area contributed by atoms with Crippen LogP contribution in [-0.4, -0.2) is 11.9 Å². The molecule has 2 saturated heterocycles. The van der Waals surface area contributed by atoms with Crippen LogP contribution in [0.4, 0.5) is 0 Å². The van der Waals surface area contributed by atoms with E-state index in [4.69, 9.17) is 4.74 Å². The van der Waals surface area contributed by atoms with Gasteiger partial charge in [-0.3, -0.25) is 4.79 Å². The first-order valence-electron chi connectivity index (χ1n) is 6.57. The average Bonchev–Trinajstić information content (AvgIpc) is 2.67. The molecule has 1 saturated carbocycles. The van der Waals surface area contributed by atoms with Crippen molar-refractivity contribution in [1.29, 1.82) is 0 Å². The van der Waals surface area contributed by atoms with Gasteiger partial charge in [-0.15, -0.1) is 0 Å². The zero-order valence-corrected chi connectivity index (χ0v) is 9.76. The van der Waals surface area contributed by atoms with E-state index in [0.717, 1.165) is 25.7 Å². The Morgan fingerprint density at radius 3 is 2.82 bits per heavy atom. The van der Waals surface area contributed by atoms with Crippen LogP contribution in [0.25, 0.3) is 0 Å². The number of benzene rings is 1. The second kappa shape index (κ2) is 3.20. The van der Waals surface area contributed by atoms with Crippen molar-refractivity contribution in [3.8, 4) is 0 Å². The summed E-state index contributed by atoms with van der Waals surface area (Å²) in [6.07, 6.45) is 3.94. The zero-order valence-electron chi connectivity index (χ0n) is 9.76. The summed E-state index contributed by atoms with van der Waals surface area (Å²) in [4.78, 5) is 12.1. The second-order valence-electron chi connectivity index (χ2n) is 5.68. The molecule has 2 aliphatic heterocycles. The third kappa shape index (κ3) is 1.17. The first-order valence-corrected chi connectivity index (χ1v) is 6.57. The molecule has 0 amide bonds. The van der Waals surface area contributed by atoms with E-state index in [0.29, 0.717) is 11.7 Å². The van der Waals surface area contributed by atoms with Crippen LogP contribution in [0.2, 0.25) is 0 Å². The molecule has 4 unspecified atom stereocenters. The number of carbonyl (C=O) groups excluding carboxylic acids is 1. The normalized spacial score (nSPS) is 43.1. The lowest BCUT2D eigenvalue weighted by atomic mass is 9.76. The van der Waals surface area contributed by atoms with Crippen LogP contribution in [-0.2, 0) is 15.1 Å². The highest BCUT2D eigenvalue weighted by molar-refractivity contribution is 5.87. The molecule has 3 fully saturated rings. The first-order chi connectivity index (χ1) is 8.29. The Morgan fingerprint density at radius 1 is 1.18 bits per heavy atom. The van der Waals surface area contributed by atoms with Crippen LogP contribution in [0.5, 0.6) is 0 Å². The van der Waals surface area contributed by atoms with E-state index < -0.39 is 0 Å². The van der Waals surface area contributed by atoms with E-state index in [1.165, 1.54) is 5.56 Å². The zero-order chi connectivity index (χ0) is 11.5. The highest BCUT2D eigenvalue weighted by atomic mass is 16.5. The van der Waals surface area contributed by atoms with Gasteiger partial charge >= 0.3 is 0 Å². The van der Waals surface area contributed by atoms with E-state index in [-0.39, 0.29) is 17.6 Å². The first kappa shape index (κ1) is 9.84. The van der Waals surface area contributed by atoms with Crippen LogP contribution >= 0.6 is 0 Å². The van der Waals surface area contributed by atoms with Gasteiger partial charge in [-0.25, -0.2) is 0 Å². The van der Waals surface area contributed by atoms with Gasteiger partial charge in [-0.05, 0) is 37.2 Å². The smallest absolute Gasteiger partial charge is 0.164 e. The maximum absolute atomic E-state index is 12.1. The van der Waals surface area contributed by atoms with Crippen LogP contribution < -0.4 is 0 Å². The third-order valence-electron chi connectivity index (χ3n) is 4.89. The number of ketones is 1. The molecule has 1 aromatic carbocycles. The minimum atomic E-state index is -0.136. The molecule has 0 spiro atoms. The highest BCUT2D eigenvalue weighted by Crippen LogP contribution is 2.58. The predicted octanol–water partition coefficient (Wildman–Crippen LogP) is 2.67. The van der Waals surface area contributed by atoms with Gasteiger partial charge in [0.05, 0.1) is 5.60 Å². The van der Waals surface area contributed by atoms with Crippen LogP contribution in [0.15, 0.2) is 30.3 Å². The summed E-state index contributed by atoms with van der Waals surface area (Å²) in [5.74, 6) is 1.19. The van der Waals surface area contributed by atoms with Gasteiger partial charge < -0.3 is 4.74 Å². The van der Waals surface area contributed by atoms with Gasteiger partial charge in [-0.2, -0.15) is 0 Å². The van der Waals surface area contributed by atoms with Gasteiger partial charge in [0, 0.05) is 5.92 Å².